The first-order valence-electron chi connectivity index (χ1n) is 7.96. The second-order valence-electron chi connectivity index (χ2n) is 5.74. The number of nitrogens with two attached hydrogens (primary N) is 1. The number of nitrogens with zero attached hydrogens (tertiary/aromatic N) is 1. The van der Waals surface area contributed by atoms with Crippen LogP contribution in [0.25, 0.3) is 0 Å². The summed E-state index contributed by atoms with van der Waals surface area (Å²) in [7, 11) is 0. The predicted octanol–water partition coefficient (Wildman–Crippen LogP) is 3.04. The second kappa shape index (κ2) is 8.28. The molecule has 0 aliphatic heterocycles. The summed E-state index contributed by atoms with van der Waals surface area (Å²) in [6.45, 7) is 7.18. The van der Waals surface area contributed by atoms with Gasteiger partial charge in [-0.2, -0.15) is 0 Å². The van der Waals surface area contributed by atoms with E-state index in [1.807, 2.05) is 24.3 Å². The maximum atomic E-state index is 5.81. The Kier molecular flexibility index (Phi) is 6.34. The molecule has 0 spiro atoms. The molecular weight excluding hydrogens is 248 g/mol. The molecule has 0 bridgehead atoms. The van der Waals surface area contributed by atoms with Gasteiger partial charge < -0.3 is 15.4 Å². The van der Waals surface area contributed by atoms with Crippen molar-refractivity contribution in [2.75, 3.05) is 26.2 Å². The first-order chi connectivity index (χ1) is 9.81. The lowest BCUT2D eigenvalue weighted by atomic mass is 9.85. The van der Waals surface area contributed by atoms with E-state index in [-0.39, 0.29) is 0 Å². The fourth-order valence-corrected chi connectivity index (χ4v) is 2.66. The van der Waals surface area contributed by atoms with Crippen molar-refractivity contribution in [2.24, 2.45) is 11.7 Å². The van der Waals surface area contributed by atoms with Gasteiger partial charge in [0.1, 0.15) is 5.75 Å². The Morgan fingerprint density at radius 2 is 2.20 bits per heavy atom. The van der Waals surface area contributed by atoms with Crippen molar-refractivity contribution < 1.29 is 4.74 Å². The van der Waals surface area contributed by atoms with Crippen LogP contribution in [0.4, 0.5) is 0 Å². The van der Waals surface area contributed by atoms with Gasteiger partial charge in [0.25, 0.3) is 0 Å². The van der Waals surface area contributed by atoms with Crippen LogP contribution in [0, 0.1) is 5.92 Å². The van der Waals surface area contributed by atoms with Crippen LogP contribution < -0.4 is 10.5 Å². The smallest absolute Gasteiger partial charge is 0.119 e. The molecule has 1 aliphatic carbocycles. The van der Waals surface area contributed by atoms with E-state index in [0.29, 0.717) is 6.54 Å². The predicted molar refractivity (Wildman–Crippen MR) is 83.9 cm³/mol. The van der Waals surface area contributed by atoms with Crippen LogP contribution in [0.5, 0.6) is 5.75 Å². The van der Waals surface area contributed by atoms with Crippen molar-refractivity contribution in [1.29, 1.82) is 0 Å². The molecular formula is C17H28N2O. The molecule has 1 aliphatic rings. The van der Waals surface area contributed by atoms with Crippen LogP contribution in [-0.4, -0.2) is 31.1 Å². The zero-order chi connectivity index (χ0) is 14.2. The maximum absolute atomic E-state index is 5.81. The maximum Gasteiger partial charge on any atom is 0.119 e. The average Bonchev–Trinajstić information content (AvgIpc) is 2.45. The number of hydrogen-bond donors (Lipinski definition) is 1. The van der Waals surface area contributed by atoms with E-state index in [2.05, 4.69) is 11.8 Å². The molecule has 0 radical (unpaired) electrons. The Balaban J connectivity index is 1.64. The van der Waals surface area contributed by atoms with Crippen LogP contribution >= 0.6 is 0 Å². The largest absolute Gasteiger partial charge is 0.494 e. The number of benzene rings is 1. The monoisotopic (exact) mass is 276 g/mol. The minimum atomic E-state index is 0.572. The van der Waals surface area contributed by atoms with Crippen molar-refractivity contribution in [3.63, 3.8) is 0 Å². The molecule has 20 heavy (non-hydrogen) atoms. The molecule has 3 nitrogen and oxygen atoms in total. The summed E-state index contributed by atoms with van der Waals surface area (Å²) < 4.78 is 5.81. The minimum absolute atomic E-state index is 0.572. The van der Waals surface area contributed by atoms with Gasteiger partial charge in [0.15, 0.2) is 0 Å². The molecule has 112 valence electrons. The van der Waals surface area contributed by atoms with Gasteiger partial charge in [0.2, 0.25) is 0 Å². The van der Waals surface area contributed by atoms with Crippen LogP contribution in [0.1, 0.15) is 38.2 Å². The fraction of sp³-hybridized carbons (Fsp3) is 0.647. The van der Waals surface area contributed by atoms with Crippen molar-refractivity contribution in [2.45, 2.75) is 39.2 Å². The Labute approximate surface area is 123 Å². The van der Waals surface area contributed by atoms with Crippen molar-refractivity contribution in [3.05, 3.63) is 29.8 Å². The summed E-state index contributed by atoms with van der Waals surface area (Å²) in [4.78, 5) is 2.56. The zero-order valence-electron chi connectivity index (χ0n) is 12.7. The zero-order valence-corrected chi connectivity index (χ0v) is 12.7. The SMILES string of the molecule is CCN(CCCOc1cccc(CN)c1)CC1CCC1. The molecule has 0 atom stereocenters. The lowest BCUT2D eigenvalue weighted by Crippen LogP contribution is -2.33. The number of ether oxygens (including phenoxy) is 1. The Morgan fingerprint density at radius 3 is 2.85 bits per heavy atom. The molecule has 1 fully saturated rings. The Bertz CT molecular complexity index is 390. The van der Waals surface area contributed by atoms with Crippen LogP contribution in [0.15, 0.2) is 24.3 Å². The van der Waals surface area contributed by atoms with E-state index in [1.165, 1.54) is 25.8 Å². The van der Waals surface area contributed by atoms with Crippen molar-refractivity contribution in [1.82, 2.24) is 4.90 Å². The van der Waals surface area contributed by atoms with Crippen LogP contribution in [-0.2, 0) is 6.54 Å². The molecule has 0 saturated heterocycles. The van der Waals surface area contributed by atoms with E-state index in [1.54, 1.807) is 0 Å². The highest BCUT2D eigenvalue weighted by Crippen LogP contribution is 2.27. The molecule has 0 unspecified atom stereocenters. The van der Waals surface area contributed by atoms with E-state index in [4.69, 9.17) is 10.5 Å². The highest BCUT2D eigenvalue weighted by atomic mass is 16.5. The summed E-state index contributed by atoms with van der Waals surface area (Å²) in [6.07, 6.45) is 5.38. The molecule has 1 aromatic rings. The van der Waals surface area contributed by atoms with E-state index in [0.717, 1.165) is 43.3 Å². The lowest BCUT2D eigenvalue weighted by Gasteiger charge is -2.31. The number of rotatable bonds is 9. The highest BCUT2D eigenvalue weighted by Gasteiger charge is 2.19. The summed E-state index contributed by atoms with van der Waals surface area (Å²) in [5, 5.41) is 0. The Morgan fingerprint density at radius 1 is 1.35 bits per heavy atom. The quantitative estimate of drug-likeness (QED) is 0.705. The third kappa shape index (κ3) is 4.80. The van der Waals surface area contributed by atoms with Gasteiger partial charge in [-0.05, 0) is 49.4 Å². The van der Waals surface area contributed by atoms with Crippen molar-refractivity contribution in [3.8, 4) is 5.75 Å². The van der Waals surface area contributed by atoms with Gasteiger partial charge >= 0.3 is 0 Å². The summed E-state index contributed by atoms with van der Waals surface area (Å²) in [6, 6.07) is 8.08. The van der Waals surface area contributed by atoms with Crippen LogP contribution in [0.2, 0.25) is 0 Å². The lowest BCUT2D eigenvalue weighted by molar-refractivity contribution is 0.172. The summed E-state index contributed by atoms with van der Waals surface area (Å²) >= 11 is 0. The molecule has 0 amide bonds. The third-order valence-corrected chi connectivity index (χ3v) is 4.21. The highest BCUT2D eigenvalue weighted by molar-refractivity contribution is 5.28. The molecule has 0 heterocycles. The second-order valence-corrected chi connectivity index (χ2v) is 5.74. The van der Waals surface area contributed by atoms with E-state index >= 15 is 0 Å². The molecule has 1 aromatic carbocycles. The summed E-state index contributed by atoms with van der Waals surface area (Å²) in [5.41, 5.74) is 6.76. The normalized spacial score (nSPS) is 15.3. The molecule has 1 saturated carbocycles. The minimum Gasteiger partial charge on any atom is -0.494 e. The van der Waals surface area contributed by atoms with Crippen LogP contribution in [0.3, 0.4) is 0 Å². The van der Waals surface area contributed by atoms with Gasteiger partial charge in [0.05, 0.1) is 6.61 Å². The Hall–Kier alpha value is -1.06. The average molecular weight is 276 g/mol. The van der Waals surface area contributed by atoms with Gasteiger partial charge in [-0.15, -0.1) is 0 Å². The first-order valence-corrected chi connectivity index (χ1v) is 7.96. The number of hydrogen-bond acceptors (Lipinski definition) is 3. The standard InChI is InChI=1S/C17H28N2O/c1-2-19(14-15-6-3-7-15)10-5-11-20-17-9-4-8-16(12-17)13-18/h4,8-9,12,15H,2-3,5-7,10-11,13-14,18H2,1H3. The van der Waals surface area contributed by atoms with Gasteiger partial charge in [-0.25, -0.2) is 0 Å². The van der Waals surface area contributed by atoms with Crippen molar-refractivity contribution >= 4 is 0 Å². The van der Waals surface area contributed by atoms with E-state index < -0.39 is 0 Å². The summed E-state index contributed by atoms with van der Waals surface area (Å²) in [5.74, 6) is 1.90. The third-order valence-electron chi connectivity index (χ3n) is 4.21. The van der Waals surface area contributed by atoms with Gasteiger partial charge in [-0.3, -0.25) is 0 Å². The topological polar surface area (TPSA) is 38.5 Å². The van der Waals surface area contributed by atoms with Gasteiger partial charge in [-0.1, -0.05) is 25.5 Å². The molecule has 0 aromatic heterocycles. The molecule has 2 rings (SSSR count). The first kappa shape index (κ1) is 15.3. The molecule has 2 N–H and O–H groups in total. The fourth-order valence-electron chi connectivity index (χ4n) is 2.66. The molecule has 3 heteroatoms. The van der Waals surface area contributed by atoms with E-state index in [9.17, 15) is 0 Å². The van der Waals surface area contributed by atoms with Gasteiger partial charge in [0, 0.05) is 19.6 Å².